The molecule has 2 aromatic rings. The standard InChI is InChI=1S/C65H106N2.Ni/c1-5-9-13-16-19-21-23-25-26-27-28-29-30-31-33-35-37-39-42-45-52-63-62(51-12-8-4)65(61-50-46-49-59(57-61)48-44-40-18-15-11-7-3)67(66)64(63)60-55-53-58(54-56-60)47-43-41-38-36-34-32-24-22-20-17-14-10-6-2;/h46,49-50,53-57H,5-44,47-48,51H2,1-4H3;. The zero-order valence-corrected chi connectivity index (χ0v) is 46.2. The maximum absolute atomic E-state index is 12.3. The van der Waals surface area contributed by atoms with Crippen LogP contribution in [0.3, 0.4) is 0 Å². The number of rotatable bonds is 44. The van der Waals surface area contributed by atoms with Crippen molar-refractivity contribution in [2.24, 2.45) is 0 Å². The number of hydrogen-bond donors (Lipinski definition) is 0. The van der Waals surface area contributed by atoms with Crippen LogP contribution in [0.25, 0.3) is 16.9 Å². The maximum atomic E-state index is 12.3. The number of benzene rings is 2. The first-order valence-electron chi connectivity index (χ1n) is 29.8. The third kappa shape index (κ3) is 27.8. The maximum Gasteiger partial charge on any atom is 0.223 e. The van der Waals surface area contributed by atoms with Crippen molar-refractivity contribution < 1.29 is 21.2 Å². The number of unbranched alkanes of at least 4 members (excludes halogenated alkanes) is 36. The minimum atomic E-state index is 0. The van der Waals surface area contributed by atoms with E-state index in [1.807, 2.05) is 0 Å². The summed E-state index contributed by atoms with van der Waals surface area (Å²) < 4.78 is 1.52. The van der Waals surface area contributed by atoms with Gasteiger partial charge in [0.2, 0.25) is 11.4 Å². The molecule has 0 N–H and O–H groups in total. The van der Waals surface area contributed by atoms with Crippen molar-refractivity contribution in [2.75, 3.05) is 0 Å². The molecule has 2 aromatic carbocycles. The molecule has 0 aromatic heterocycles. The Morgan fingerprint density at radius 3 is 1.18 bits per heavy atom. The zero-order valence-electron chi connectivity index (χ0n) is 45.2. The molecule has 0 spiro atoms. The van der Waals surface area contributed by atoms with E-state index < -0.39 is 0 Å². The molecule has 0 amide bonds. The fourth-order valence-corrected chi connectivity index (χ4v) is 10.3. The smallest absolute Gasteiger partial charge is 0.223 e. The van der Waals surface area contributed by atoms with Gasteiger partial charge in [-0.15, -0.1) is 0 Å². The average molecular weight is 974 g/mol. The molecule has 1 heterocycles. The Morgan fingerprint density at radius 1 is 0.368 bits per heavy atom. The summed E-state index contributed by atoms with van der Waals surface area (Å²) in [6.45, 7) is 9.17. The minimum absolute atomic E-state index is 0. The van der Waals surface area contributed by atoms with Crippen molar-refractivity contribution in [3.8, 4) is 11.8 Å². The predicted octanol–water partition coefficient (Wildman–Crippen LogP) is 22.0. The Hall–Kier alpha value is -2.43. The summed E-state index contributed by atoms with van der Waals surface area (Å²) in [5.41, 5.74) is 21.3. The second-order valence-electron chi connectivity index (χ2n) is 20.9. The van der Waals surface area contributed by atoms with E-state index in [0.717, 1.165) is 73.0 Å². The Morgan fingerprint density at radius 2 is 0.750 bits per heavy atom. The molecule has 68 heavy (non-hydrogen) atoms. The molecule has 1 aliphatic rings. The summed E-state index contributed by atoms with van der Waals surface area (Å²) in [5.74, 6) is 7.35. The van der Waals surface area contributed by atoms with Crippen LogP contribution in [0.15, 0.2) is 59.7 Å². The molecular formula is C65H106N2Ni. The van der Waals surface area contributed by atoms with Crippen molar-refractivity contribution in [3.63, 3.8) is 0 Å². The second-order valence-corrected chi connectivity index (χ2v) is 20.9. The summed E-state index contributed by atoms with van der Waals surface area (Å²) >= 11 is 0. The van der Waals surface area contributed by atoms with E-state index in [-0.39, 0.29) is 16.5 Å². The molecule has 0 aliphatic carbocycles. The Bertz CT molecular complexity index is 1650. The van der Waals surface area contributed by atoms with E-state index in [4.69, 9.17) is 0 Å². The number of hydrogen-bond acceptors (Lipinski definition) is 0. The van der Waals surface area contributed by atoms with Crippen LogP contribution in [0.5, 0.6) is 0 Å². The van der Waals surface area contributed by atoms with Gasteiger partial charge in [0.25, 0.3) is 0 Å². The molecule has 0 atom stereocenters. The van der Waals surface area contributed by atoms with Crippen LogP contribution in [0.4, 0.5) is 0 Å². The van der Waals surface area contributed by atoms with Crippen molar-refractivity contribution in [1.82, 2.24) is 0 Å². The third-order valence-electron chi connectivity index (χ3n) is 14.7. The van der Waals surface area contributed by atoms with Crippen LogP contribution in [-0.4, -0.2) is 4.70 Å². The van der Waals surface area contributed by atoms with E-state index >= 15 is 0 Å². The van der Waals surface area contributed by atoms with E-state index in [1.165, 1.54) is 253 Å². The van der Waals surface area contributed by atoms with Gasteiger partial charge in [-0.2, -0.15) is 0 Å². The monoisotopic (exact) mass is 973 g/mol. The van der Waals surface area contributed by atoms with Gasteiger partial charge in [0.05, 0.1) is 0 Å². The molecule has 0 radical (unpaired) electrons. The summed E-state index contributed by atoms with van der Waals surface area (Å²) in [5, 5.41) is 0. The summed E-state index contributed by atoms with van der Waals surface area (Å²) in [4.78, 5) is 0. The van der Waals surface area contributed by atoms with Gasteiger partial charge in [-0.1, -0.05) is 289 Å². The van der Waals surface area contributed by atoms with Crippen LogP contribution < -0.4 is 0 Å². The van der Waals surface area contributed by atoms with E-state index in [0.29, 0.717) is 0 Å². The number of allylic oxidation sites excluding steroid dienone is 2. The molecule has 0 saturated carbocycles. The minimum Gasteiger partial charge on any atom is -0.493 e. The van der Waals surface area contributed by atoms with Crippen molar-refractivity contribution in [3.05, 3.63) is 87.5 Å². The molecule has 0 unspecified atom stereocenters. The van der Waals surface area contributed by atoms with Crippen molar-refractivity contribution in [1.29, 1.82) is 0 Å². The van der Waals surface area contributed by atoms with Crippen LogP contribution in [0.1, 0.15) is 313 Å². The van der Waals surface area contributed by atoms with E-state index in [9.17, 15) is 5.53 Å². The molecule has 0 fully saturated rings. The van der Waals surface area contributed by atoms with Gasteiger partial charge in [-0.3, -0.25) is 0 Å². The summed E-state index contributed by atoms with van der Waals surface area (Å²) in [6.07, 6.45) is 57.3. The second kappa shape index (κ2) is 43.4. The van der Waals surface area contributed by atoms with E-state index in [1.54, 1.807) is 0 Å². The Kier molecular flexibility index (Phi) is 39.3. The molecule has 1 aliphatic heterocycles. The Balaban J connectivity index is 0.0000159. The molecule has 2 nitrogen and oxygen atoms in total. The van der Waals surface area contributed by atoms with Gasteiger partial charge in [0, 0.05) is 39.6 Å². The van der Waals surface area contributed by atoms with Crippen LogP contribution in [-0.2, 0) is 29.3 Å². The molecule has 386 valence electrons. The first-order chi connectivity index (χ1) is 33.1. The quantitative estimate of drug-likeness (QED) is 0.0274. The van der Waals surface area contributed by atoms with Gasteiger partial charge in [0.1, 0.15) is 5.57 Å². The largest absolute Gasteiger partial charge is 0.493 e. The first kappa shape index (κ1) is 61.7. The Labute approximate surface area is 433 Å². The first-order valence-corrected chi connectivity index (χ1v) is 29.8. The third-order valence-corrected chi connectivity index (χ3v) is 14.7. The molecular weight excluding hydrogens is 867 g/mol. The SMILES string of the molecule is CCCCCCCCCCCCCCCCCCCCC#CC1=C(c2ccc(CCCCCCCCCCCCCCC)cc2)[N+](=[N-])C(c2cccc(CCCCCCCC)c2)=C1CCCC.[Ni]. The fourth-order valence-electron chi connectivity index (χ4n) is 10.3. The molecule has 0 saturated heterocycles. The average Bonchev–Trinajstić information content (AvgIpc) is 3.62. The van der Waals surface area contributed by atoms with E-state index in [2.05, 4.69) is 88.1 Å². The predicted molar refractivity (Wildman–Crippen MR) is 298 cm³/mol. The topological polar surface area (TPSA) is 25.3 Å². The van der Waals surface area contributed by atoms with Crippen LogP contribution >= 0.6 is 0 Å². The van der Waals surface area contributed by atoms with Gasteiger partial charge in [0.15, 0.2) is 0 Å². The van der Waals surface area contributed by atoms with Crippen molar-refractivity contribution in [2.45, 2.75) is 304 Å². The number of aryl methyl sites for hydroxylation is 2. The van der Waals surface area contributed by atoms with Crippen LogP contribution in [0.2, 0.25) is 0 Å². The van der Waals surface area contributed by atoms with Gasteiger partial charge in [-0.05, 0) is 80.3 Å². The molecule has 0 bridgehead atoms. The summed E-state index contributed by atoms with van der Waals surface area (Å²) in [7, 11) is 0. The molecule has 3 rings (SSSR count). The normalized spacial score (nSPS) is 12.6. The van der Waals surface area contributed by atoms with Crippen molar-refractivity contribution >= 4 is 11.4 Å². The van der Waals surface area contributed by atoms with Crippen LogP contribution in [0, 0.1) is 11.8 Å². The zero-order chi connectivity index (χ0) is 47.7. The fraction of sp³-hybridized carbons (Fsp3) is 0.723. The molecule has 3 heteroatoms. The van der Waals surface area contributed by atoms with Gasteiger partial charge < -0.3 is 5.53 Å². The van der Waals surface area contributed by atoms with Gasteiger partial charge >= 0.3 is 0 Å². The number of nitrogens with zero attached hydrogens (tertiary/aromatic N) is 2. The van der Waals surface area contributed by atoms with Gasteiger partial charge in [-0.25, -0.2) is 4.70 Å². The summed E-state index contributed by atoms with van der Waals surface area (Å²) in [6, 6.07) is 18.2.